The average Bonchev–Trinajstić information content (AvgIpc) is 3.00. The standard InChI is InChI=1S/C37H59NO2/c1-3-5-7-9-11-13-15-17-19-32-21-25-35(26-22-32)36-27-23-33(29-38-36)24-28-37-39-30-34(31-40-37)20-18-16-14-12-10-8-6-4-2/h21-23,25-27,29,34,37H,3-20,24,28,30-31H2,1-2H3/t34-,37-. The van der Waals surface area contributed by atoms with Crippen molar-refractivity contribution in [3.63, 3.8) is 0 Å². The minimum atomic E-state index is -0.0666. The van der Waals surface area contributed by atoms with E-state index >= 15 is 0 Å². The summed E-state index contributed by atoms with van der Waals surface area (Å²) >= 11 is 0. The van der Waals surface area contributed by atoms with Crippen molar-refractivity contribution in [2.24, 2.45) is 5.92 Å². The second-order valence-electron chi connectivity index (χ2n) is 12.2. The van der Waals surface area contributed by atoms with Crippen molar-refractivity contribution in [1.82, 2.24) is 4.98 Å². The van der Waals surface area contributed by atoms with Gasteiger partial charge < -0.3 is 9.47 Å². The Morgan fingerprint density at radius 2 is 1.12 bits per heavy atom. The number of pyridine rings is 1. The minimum absolute atomic E-state index is 0.0666. The monoisotopic (exact) mass is 549 g/mol. The fourth-order valence-corrected chi connectivity index (χ4v) is 5.82. The Balaban J connectivity index is 1.25. The first-order valence-corrected chi connectivity index (χ1v) is 17.1. The molecule has 1 fully saturated rings. The summed E-state index contributed by atoms with van der Waals surface area (Å²) in [5.41, 5.74) is 4.95. The van der Waals surface area contributed by atoms with Gasteiger partial charge in [-0.05, 0) is 42.9 Å². The van der Waals surface area contributed by atoms with E-state index in [-0.39, 0.29) is 6.29 Å². The second kappa shape index (κ2) is 21.1. The molecule has 0 amide bonds. The predicted molar refractivity (Wildman–Crippen MR) is 171 cm³/mol. The van der Waals surface area contributed by atoms with E-state index in [2.05, 4.69) is 50.2 Å². The summed E-state index contributed by atoms with van der Waals surface area (Å²) in [4.78, 5) is 4.76. The van der Waals surface area contributed by atoms with Gasteiger partial charge in [-0.3, -0.25) is 4.98 Å². The third kappa shape index (κ3) is 13.8. The molecule has 0 N–H and O–H groups in total. The third-order valence-electron chi connectivity index (χ3n) is 8.56. The molecule has 0 spiro atoms. The fraction of sp³-hybridized carbons (Fsp3) is 0.703. The molecule has 3 nitrogen and oxygen atoms in total. The van der Waals surface area contributed by atoms with E-state index in [4.69, 9.17) is 14.5 Å². The van der Waals surface area contributed by atoms with Gasteiger partial charge in [0.1, 0.15) is 0 Å². The fourth-order valence-electron chi connectivity index (χ4n) is 5.82. The van der Waals surface area contributed by atoms with E-state index in [1.54, 1.807) is 0 Å². The molecule has 0 atom stereocenters. The first-order valence-electron chi connectivity index (χ1n) is 17.1. The van der Waals surface area contributed by atoms with E-state index in [0.717, 1.165) is 31.7 Å². The molecule has 0 radical (unpaired) electrons. The van der Waals surface area contributed by atoms with Crippen LogP contribution in [0.3, 0.4) is 0 Å². The lowest BCUT2D eigenvalue weighted by Gasteiger charge is -2.29. The van der Waals surface area contributed by atoms with E-state index in [1.165, 1.54) is 132 Å². The molecule has 3 heteroatoms. The zero-order chi connectivity index (χ0) is 28.1. The number of rotatable bonds is 22. The van der Waals surface area contributed by atoms with E-state index in [0.29, 0.717) is 5.92 Å². The van der Waals surface area contributed by atoms with Crippen LogP contribution >= 0.6 is 0 Å². The van der Waals surface area contributed by atoms with Crippen LogP contribution in [0.4, 0.5) is 0 Å². The van der Waals surface area contributed by atoms with Crippen LogP contribution < -0.4 is 0 Å². The number of hydrogen-bond donors (Lipinski definition) is 0. The van der Waals surface area contributed by atoms with Crippen molar-refractivity contribution in [2.45, 2.75) is 149 Å². The largest absolute Gasteiger partial charge is 0.352 e. The molecule has 0 aliphatic carbocycles. The Morgan fingerprint density at radius 1 is 0.575 bits per heavy atom. The zero-order valence-electron chi connectivity index (χ0n) is 26.0. The summed E-state index contributed by atoms with van der Waals surface area (Å²) in [7, 11) is 0. The molecule has 1 aliphatic rings. The molecule has 1 aromatic heterocycles. The molecule has 0 bridgehead atoms. The topological polar surface area (TPSA) is 31.4 Å². The van der Waals surface area contributed by atoms with Crippen molar-refractivity contribution >= 4 is 0 Å². The molecule has 3 rings (SSSR count). The third-order valence-corrected chi connectivity index (χ3v) is 8.56. The van der Waals surface area contributed by atoms with Gasteiger partial charge in [0.25, 0.3) is 0 Å². The van der Waals surface area contributed by atoms with Crippen LogP contribution in [0.5, 0.6) is 0 Å². The zero-order valence-corrected chi connectivity index (χ0v) is 26.0. The number of nitrogens with zero attached hydrogens (tertiary/aromatic N) is 1. The van der Waals surface area contributed by atoms with E-state index in [9.17, 15) is 0 Å². The van der Waals surface area contributed by atoms with Crippen LogP contribution in [-0.2, 0) is 22.3 Å². The van der Waals surface area contributed by atoms with Crippen molar-refractivity contribution in [3.8, 4) is 11.3 Å². The number of ether oxygens (including phenoxy) is 2. The van der Waals surface area contributed by atoms with Gasteiger partial charge in [0, 0.05) is 24.1 Å². The predicted octanol–water partition coefficient (Wildman–Crippen LogP) is 10.9. The quantitative estimate of drug-likeness (QED) is 0.137. The maximum Gasteiger partial charge on any atom is 0.157 e. The van der Waals surface area contributed by atoms with Gasteiger partial charge in [0.15, 0.2) is 6.29 Å². The molecule has 0 unspecified atom stereocenters. The molecule has 40 heavy (non-hydrogen) atoms. The molecule has 2 aromatic rings. The van der Waals surface area contributed by atoms with Crippen molar-refractivity contribution in [3.05, 3.63) is 53.7 Å². The van der Waals surface area contributed by atoms with Crippen LogP contribution in [0, 0.1) is 5.92 Å². The normalized spacial score (nSPS) is 17.4. The lowest BCUT2D eigenvalue weighted by Crippen LogP contribution is -2.32. The highest BCUT2D eigenvalue weighted by Gasteiger charge is 2.21. The lowest BCUT2D eigenvalue weighted by molar-refractivity contribution is -0.203. The summed E-state index contributed by atoms with van der Waals surface area (Å²) in [6, 6.07) is 13.4. The maximum absolute atomic E-state index is 6.06. The van der Waals surface area contributed by atoms with Gasteiger partial charge in [-0.2, -0.15) is 0 Å². The van der Waals surface area contributed by atoms with Crippen LogP contribution in [0.1, 0.15) is 141 Å². The van der Waals surface area contributed by atoms with Gasteiger partial charge >= 0.3 is 0 Å². The SMILES string of the molecule is CCCCCCCCCCc1ccc(-c2ccc(CC[C@H]3OC[C@H](CCCCCCCCCC)CO3)cn2)cc1. The summed E-state index contributed by atoms with van der Waals surface area (Å²) in [5.74, 6) is 0.573. The molecule has 1 aromatic carbocycles. The Hall–Kier alpha value is -1.71. The van der Waals surface area contributed by atoms with E-state index in [1.807, 2.05) is 6.20 Å². The molecular formula is C37H59NO2. The van der Waals surface area contributed by atoms with Gasteiger partial charge in [-0.25, -0.2) is 0 Å². The average molecular weight is 550 g/mol. The molecule has 2 heterocycles. The van der Waals surface area contributed by atoms with Crippen molar-refractivity contribution in [1.29, 1.82) is 0 Å². The molecule has 1 aliphatic heterocycles. The Morgan fingerprint density at radius 3 is 1.70 bits per heavy atom. The second-order valence-corrected chi connectivity index (χ2v) is 12.2. The van der Waals surface area contributed by atoms with E-state index < -0.39 is 0 Å². The summed E-state index contributed by atoms with van der Waals surface area (Å²) < 4.78 is 12.1. The van der Waals surface area contributed by atoms with Crippen molar-refractivity contribution in [2.75, 3.05) is 13.2 Å². The van der Waals surface area contributed by atoms with Crippen LogP contribution in [0.15, 0.2) is 42.6 Å². The number of benzene rings is 1. The number of aromatic nitrogens is 1. The molecular weight excluding hydrogens is 490 g/mol. The lowest BCUT2D eigenvalue weighted by atomic mass is 10.0. The first kappa shape index (κ1) is 32.8. The van der Waals surface area contributed by atoms with Gasteiger partial charge in [-0.1, -0.05) is 140 Å². The minimum Gasteiger partial charge on any atom is -0.352 e. The number of unbranched alkanes of at least 4 members (excludes halogenated alkanes) is 14. The summed E-state index contributed by atoms with van der Waals surface area (Å²) in [6.45, 7) is 6.28. The Bertz CT molecular complexity index is 855. The van der Waals surface area contributed by atoms with Gasteiger partial charge in [0.05, 0.1) is 18.9 Å². The Labute approximate surface area is 246 Å². The van der Waals surface area contributed by atoms with Crippen LogP contribution in [0.25, 0.3) is 11.3 Å². The van der Waals surface area contributed by atoms with Gasteiger partial charge in [-0.15, -0.1) is 0 Å². The van der Waals surface area contributed by atoms with Crippen LogP contribution in [0.2, 0.25) is 0 Å². The molecule has 0 saturated carbocycles. The maximum atomic E-state index is 6.06. The van der Waals surface area contributed by atoms with Crippen molar-refractivity contribution < 1.29 is 9.47 Å². The highest BCUT2D eigenvalue weighted by Crippen LogP contribution is 2.23. The number of hydrogen-bond acceptors (Lipinski definition) is 3. The number of aryl methyl sites for hydroxylation is 2. The first-order chi connectivity index (χ1) is 19.8. The molecule has 1 saturated heterocycles. The highest BCUT2D eigenvalue weighted by molar-refractivity contribution is 5.59. The Kier molecular flexibility index (Phi) is 17.3. The molecule has 224 valence electrons. The smallest absolute Gasteiger partial charge is 0.157 e. The summed E-state index contributed by atoms with van der Waals surface area (Å²) in [6.07, 6.45) is 28.3. The van der Waals surface area contributed by atoms with Crippen LogP contribution in [-0.4, -0.2) is 24.5 Å². The summed E-state index contributed by atoms with van der Waals surface area (Å²) in [5, 5.41) is 0. The van der Waals surface area contributed by atoms with Gasteiger partial charge in [0.2, 0.25) is 0 Å². The highest BCUT2D eigenvalue weighted by atomic mass is 16.7.